The third-order valence-corrected chi connectivity index (χ3v) is 0.760. The van der Waals surface area contributed by atoms with Crippen molar-refractivity contribution in [3.8, 4) is 12.0 Å². The molecule has 0 saturated carbocycles. The normalized spacial score (nSPS) is 10.3. The number of hydrogen-bond donors (Lipinski definition) is 0. The molecular weight excluding hydrogens is 102 g/mol. The molecule has 0 atom stereocenters. The van der Waals surface area contributed by atoms with Gasteiger partial charge in [0.2, 0.25) is 0 Å². The SMILES string of the molecule is C#C[Si](C)(F)F. The highest BCUT2D eigenvalue weighted by atomic mass is 28.4. The predicted molar refractivity (Wildman–Crippen MR) is 22.7 cm³/mol. The molecule has 6 heavy (non-hydrogen) atoms. The molecule has 0 heterocycles. The molecule has 0 nitrogen and oxygen atoms in total. The number of halogens is 2. The molecule has 0 aliphatic carbocycles. The zero-order chi connectivity index (χ0) is 5.21. The number of terminal acetylenes is 1. The average Bonchev–Trinajstić information content (AvgIpc) is 1.35. The Kier molecular flexibility index (Phi) is 1.31. The lowest BCUT2D eigenvalue weighted by Gasteiger charge is -1.88. The zero-order valence-electron chi connectivity index (χ0n) is 3.33. The van der Waals surface area contributed by atoms with E-state index in [2.05, 4.69) is 6.42 Å². The maximum atomic E-state index is 11.4. The van der Waals surface area contributed by atoms with Crippen molar-refractivity contribution in [1.29, 1.82) is 0 Å². The smallest absolute Gasteiger partial charge is 0.256 e. The van der Waals surface area contributed by atoms with E-state index in [9.17, 15) is 8.22 Å². The molecule has 3 heteroatoms. The summed E-state index contributed by atoms with van der Waals surface area (Å²) in [4.78, 5) is 0. The van der Waals surface area contributed by atoms with Crippen molar-refractivity contribution in [3.63, 3.8) is 0 Å². The molecule has 0 unspecified atom stereocenters. The van der Waals surface area contributed by atoms with Gasteiger partial charge < -0.3 is 0 Å². The lowest BCUT2D eigenvalue weighted by molar-refractivity contribution is 0.645. The van der Waals surface area contributed by atoms with E-state index in [0.717, 1.165) is 6.55 Å². The topological polar surface area (TPSA) is 0 Å². The van der Waals surface area contributed by atoms with Crippen LogP contribution in [0.25, 0.3) is 0 Å². The average molecular weight is 106 g/mol. The van der Waals surface area contributed by atoms with Crippen LogP contribution in [0, 0.1) is 12.0 Å². The highest BCUT2D eigenvalue weighted by Gasteiger charge is 2.22. The molecule has 0 fully saturated rings. The van der Waals surface area contributed by atoms with Gasteiger partial charge in [-0.3, -0.25) is 8.22 Å². The minimum absolute atomic E-state index is 0.812. The maximum absolute atomic E-state index is 11.4. The predicted octanol–water partition coefficient (Wildman–Crippen LogP) is 1.17. The second-order valence-electron chi connectivity index (χ2n) is 1.03. The van der Waals surface area contributed by atoms with Gasteiger partial charge in [-0.05, 0) is 6.55 Å². The summed E-state index contributed by atoms with van der Waals surface area (Å²) < 4.78 is 22.7. The first-order valence-corrected chi connectivity index (χ1v) is 3.67. The van der Waals surface area contributed by atoms with Crippen molar-refractivity contribution < 1.29 is 8.22 Å². The van der Waals surface area contributed by atoms with Crippen LogP contribution in [0.4, 0.5) is 8.22 Å². The third-order valence-electron chi connectivity index (χ3n) is 0.253. The molecule has 0 radical (unpaired) electrons. The van der Waals surface area contributed by atoms with Crippen molar-refractivity contribution >= 4 is 8.74 Å². The fraction of sp³-hybridized carbons (Fsp3) is 0.333. The van der Waals surface area contributed by atoms with Gasteiger partial charge in [0.15, 0.2) is 0 Å². The van der Waals surface area contributed by atoms with Crippen molar-refractivity contribution in [2.45, 2.75) is 6.55 Å². The van der Waals surface area contributed by atoms with Gasteiger partial charge in [-0.2, -0.15) is 0 Å². The van der Waals surface area contributed by atoms with Gasteiger partial charge in [0, 0.05) is 0 Å². The van der Waals surface area contributed by atoms with E-state index in [4.69, 9.17) is 0 Å². The zero-order valence-corrected chi connectivity index (χ0v) is 4.33. The molecule has 0 aliphatic heterocycles. The highest BCUT2D eigenvalue weighted by molar-refractivity contribution is 6.73. The summed E-state index contributed by atoms with van der Waals surface area (Å²) in [5, 5.41) is 0. The molecule has 0 rings (SSSR count). The molecule has 0 spiro atoms. The maximum Gasteiger partial charge on any atom is 0.499 e. The molecular formula is C3H4F2Si. The van der Waals surface area contributed by atoms with E-state index in [1.807, 2.05) is 0 Å². The summed E-state index contributed by atoms with van der Waals surface area (Å²) in [6, 6.07) is 0. The van der Waals surface area contributed by atoms with Crippen molar-refractivity contribution in [2.75, 3.05) is 0 Å². The van der Waals surface area contributed by atoms with Crippen LogP contribution >= 0.6 is 0 Å². The van der Waals surface area contributed by atoms with E-state index in [0.29, 0.717) is 0 Å². The van der Waals surface area contributed by atoms with Crippen LogP contribution in [-0.2, 0) is 0 Å². The summed E-state index contributed by atoms with van der Waals surface area (Å²) in [7, 11) is -4.10. The molecule has 0 aliphatic rings. The quantitative estimate of drug-likeness (QED) is 0.247. The van der Waals surface area contributed by atoms with Crippen LogP contribution in [0.3, 0.4) is 0 Å². The summed E-state index contributed by atoms with van der Waals surface area (Å²) in [6.07, 6.45) is 4.37. The molecule has 0 bridgehead atoms. The number of rotatable bonds is 0. The van der Waals surface area contributed by atoms with Crippen LogP contribution in [0.5, 0.6) is 0 Å². The Labute approximate surface area is 36.5 Å². The van der Waals surface area contributed by atoms with Crippen molar-refractivity contribution in [3.05, 3.63) is 0 Å². The van der Waals surface area contributed by atoms with Crippen LogP contribution in [0.2, 0.25) is 6.55 Å². The van der Waals surface area contributed by atoms with Crippen molar-refractivity contribution in [1.82, 2.24) is 0 Å². The summed E-state index contributed by atoms with van der Waals surface area (Å²) in [6.45, 7) is 0.812. The van der Waals surface area contributed by atoms with E-state index < -0.39 is 8.74 Å². The standard InChI is InChI=1S/C3H4F2Si/c1-3-6(2,4)5/h1H,2H3. The van der Waals surface area contributed by atoms with Crippen LogP contribution in [0.1, 0.15) is 0 Å². The fourth-order valence-electron chi connectivity index (χ4n) is 0. The summed E-state index contributed by atoms with van der Waals surface area (Å²) >= 11 is 0. The van der Waals surface area contributed by atoms with E-state index in [1.54, 1.807) is 0 Å². The lowest BCUT2D eigenvalue weighted by Crippen LogP contribution is -2.11. The Morgan fingerprint density at radius 1 is 1.67 bits per heavy atom. The molecule has 0 saturated heterocycles. The van der Waals surface area contributed by atoms with E-state index in [-0.39, 0.29) is 0 Å². The minimum atomic E-state index is -4.10. The molecule has 0 aromatic rings. The largest absolute Gasteiger partial charge is 0.499 e. The minimum Gasteiger partial charge on any atom is -0.256 e. The highest BCUT2D eigenvalue weighted by Crippen LogP contribution is 2.00. The summed E-state index contributed by atoms with van der Waals surface area (Å²) in [5.74, 6) is 0. The first-order valence-electron chi connectivity index (χ1n) is 1.42. The Morgan fingerprint density at radius 2 is 1.83 bits per heavy atom. The van der Waals surface area contributed by atoms with Crippen LogP contribution in [0.15, 0.2) is 0 Å². The monoisotopic (exact) mass is 106 g/mol. The second-order valence-corrected chi connectivity index (χ2v) is 3.10. The van der Waals surface area contributed by atoms with Gasteiger partial charge in [-0.1, -0.05) is 5.54 Å². The Balaban J connectivity index is 3.55. The molecule has 0 aromatic heterocycles. The molecule has 0 N–H and O–H groups in total. The first-order chi connectivity index (χ1) is 2.56. The molecule has 34 valence electrons. The second kappa shape index (κ2) is 1.39. The first kappa shape index (κ1) is 5.64. The van der Waals surface area contributed by atoms with Gasteiger partial charge in [0.25, 0.3) is 0 Å². The Hall–Kier alpha value is -0.363. The Morgan fingerprint density at radius 3 is 1.83 bits per heavy atom. The summed E-state index contributed by atoms with van der Waals surface area (Å²) in [5.41, 5.74) is 1.41. The lowest BCUT2D eigenvalue weighted by atomic mass is 11.4. The molecule has 0 aromatic carbocycles. The fourth-order valence-corrected chi connectivity index (χ4v) is 0. The molecule has 0 amide bonds. The van der Waals surface area contributed by atoms with Gasteiger partial charge in [-0.25, -0.2) is 0 Å². The van der Waals surface area contributed by atoms with Crippen LogP contribution < -0.4 is 0 Å². The van der Waals surface area contributed by atoms with Crippen molar-refractivity contribution in [2.24, 2.45) is 0 Å². The number of hydrogen-bond acceptors (Lipinski definition) is 0. The van der Waals surface area contributed by atoms with Gasteiger partial charge in [-0.15, -0.1) is 6.42 Å². The van der Waals surface area contributed by atoms with Gasteiger partial charge in [0.05, 0.1) is 0 Å². The van der Waals surface area contributed by atoms with Gasteiger partial charge in [0.1, 0.15) is 0 Å². The van der Waals surface area contributed by atoms with E-state index >= 15 is 0 Å². The van der Waals surface area contributed by atoms with Gasteiger partial charge >= 0.3 is 8.74 Å². The third kappa shape index (κ3) is 3.64. The Bertz CT molecular complexity index is 75.8. The van der Waals surface area contributed by atoms with Crippen LogP contribution in [-0.4, -0.2) is 8.74 Å². The van der Waals surface area contributed by atoms with E-state index in [1.165, 1.54) is 5.54 Å².